The highest BCUT2D eigenvalue weighted by Gasteiger charge is 2.24. The fourth-order valence-corrected chi connectivity index (χ4v) is 4.12. The van der Waals surface area contributed by atoms with E-state index >= 15 is 0 Å². The molecule has 0 unspecified atom stereocenters. The summed E-state index contributed by atoms with van der Waals surface area (Å²) in [5.41, 5.74) is 0.704. The highest BCUT2D eigenvalue weighted by atomic mass is 16.6. The van der Waals surface area contributed by atoms with Crippen LogP contribution >= 0.6 is 0 Å². The zero-order valence-electron chi connectivity index (χ0n) is 22.9. The van der Waals surface area contributed by atoms with Gasteiger partial charge in [-0.15, -0.1) is 0 Å². The Labute approximate surface area is 230 Å². The van der Waals surface area contributed by atoms with Gasteiger partial charge in [-0.1, -0.05) is 26.8 Å². The monoisotopic (exact) mass is 531 g/mol. The van der Waals surface area contributed by atoms with Crippen LogP contribution in [-0.4, -0.2) is 48.1 Å². The quantitative estimate of drug-likeness (QED) is 0.347. The molecule has 2 heterocycles. The standard InChI is InChI=1S/C31H37N3O5/c1-31(2,3)17-19-33-29(35)24-7-9-27(10-8-24)39-30(36)34-20-15-23(16-21-34)22-37-25-11-13-26(14-12-25)38-28-6-4-5-18-32-28/h4-14,18,23H,15-17,19-22H2,1-3H3,(H,33,35). The van der Waals surface area contributed by atoms with Gasteiger partial charge in [-0.2, -0.15) is 0 Å². The van der Waals surface area contributed by atoms with Gasteiger partial charge in [0.05, 0.1) is 6.61 Å². The Kier molecular flexibility index (Phi) is 9.41. The van der Waals surface area contributed by atoms with Crippen LogP contribution in [0.1, 0.15) is 50.4 Å². The van der Waals surface area contributed by atoms with E-state index in [0.29, 0.717) is 55.1 Å². The van der Waals surface area contributed by atoms with Crippen molar-refractivity contribution in [2.45, 2.75) is 40.0 Å². The molecule has 8 nitrogen and oxygen atoms in total. The lowest BCUT2D eigenvalue weighted by Gasteiger charge is -2.31. The molecule has 0 spiro atoms. The van der Waals surface area contributed by atoms with Gasteiger partial charge in [-0.3, -0.25) is 4.79 Å². The van der Waals surface area contributed by atoms with Gasteiger partial charge in [0.15, 0.2) is 0 Å². The molecule has 1 fully saturated rings. The van der Waals surface area contributed by atoms with Gasteiger partial charge in [0.25, 0.3) is 5.91 Å². The van der Waals surface area contributed by atoms with E-state index in [2.05, 4.69) is 31.1 Å². The van der Waals surface area contributed by atoms with Gasteiger partial charge >= 0.3 is 6.09 Å². The lowest BCUT2D eigenvalue weighted by atomic mass is 9.92. The minimum atomic E-state index is -0.375. The van der Waals surface area contributed by atoms with Crippen LogP contribution in [-0.2, 0) is 0 Å². The molecule has 0 radical (unpaired) electrons. The number of rotatable bonds is 9. The molecule has 2 amide bonds. The predicted molar refractivity (Wildman–Crippen MR) is 149 cm³/mol. The summed E-state index contributed by atoms with van der Waals surface area (Å²) in [5, 5.41) is 2.93. The SMILES string of the molecule is CC(C)(C)CCNC(=O)c1ccc(OC(=O)N2CCC(COc3ccc(Oc4ccccn4)cc3)CC2)cc1. The van der Waals surface area contributed by atoms with Crippen molar-refractivity contribution in [3.63, 3.8) is 0 Å². The summed E-state index contributed by atoms with van der Waals surface area (Å²) in [6.45, 7) is 8.84. The Balaban J connectivity index is 1.16. The molecular formula is C31H37N3O5. The number of amides is 2. The molecule has 206 valence electrons. The summed E-state index contributed by atoms with van der Waals surface area (Å²) in [6, 6.07) is 19.7. The third-order valence-electron chi connectivity index (χ3n) is 6.52. The van der Waals surface area contributed by atoms with Crippen molar-refractivity contribution in [3.8, 4) is 23.1 Å². The fraction of sp³-hybridized carbons (Fsp3) is 0.387. The molecule has 39 heavy (non-hydrogen) atoms. The fourth-order valence-electron chi connectivity index (χ4n) is 4.12. The van der Waals surface area contributed by atoms with Crippen molar-refractivity contribution in [3.05, 3.63) is 78.5 Å². The maximum atomic E-state index is 12.6. The Bertz CT molecular complexity index is 1200. The van der Waals surface area contributed by atoms with Crippen molar-refractivity contribution in [1.29, 1.82) is 0 Å². The van der Waals surface area contributed by atoms with Crippen LogP contribution < -0.4 is 19.5 Å². The van der Waals surface area contributed by atoms with Gasteiger partial charge in [-0.05, 0) is 85.2 Å². The van der Waals surface area contributed by atoms with Gasteiger partial charge in [0.2, 0.25) is 5.88 Å². The number of hydrogen-bond acceptors (Lipinski definition) is 6. The molecule has 1 aliphatic rings. The summed E-state index contributed by atoms with van der Waals surface area (Å²) >= 11 is 0. The van der Waals surface area contributed by atoms with E-state index in [4.69, 9.17) is 14.2 Å². The average Bonchev–Trinajstić information content (AvgIpc) is 2.93. The first kappa shape index (κ1) is 28.0. The Hall–Kier alpha value is -4.07. The van der Waals surface area contributed by atoms with Gasteiger partial charge in [0.1, 0.15) is 17.2 Å². The van der Waals surface area contributed by atoms with Crippen LogP contribution in [0.4, 0.5) is 4.79 Å². The number of carbonyl (C=O) groups is 2. The third-order valence-corrected chi connectivity index (χ3v) is 6.52. The minimum Gasteiger partial charge on any atom is -0.493 e. The van der Waals surface area contributed by atoms with E-state index in [-0.39, 0.29) is 17.4 Å². The topological polar surface area (TPSA) is 90.0 Å². The number of benzene rings is 2. The van der Waals surface area contributed by atoms with Crippen molar-refractivity contribution in [2.75, 3.05) is 26.2 Å². The van der Waals surface area contributed by atoms with Crippen LogP contribution in [0.5, 0.6) is 23.1 Å². The highest BCUT2D eigenvalue weighted by molar-refractivity contribution is 5.94. The molecule has 1 saturated heterocycles. The smallest absolute Gasteiger partial charge is 0.415 e. The second-order valence-electron chi connectivity index (χ2n) is 10.9. The van der Waals surface area contributed by atoms with Gasteiger partial charge < -0.3 is 24.4 Å². The molecule has 4 rings (SSSR count). The van der Waals surface area contributed by atoms with Crippen LogP contribution in [0, 0.1) is 11.3 Å². The summed E-state index contributed by atoms with van der Waals surface area (Å²) in [7, 11) is 0. The molecule has 0 atom stereocenters. The van der Waals surface area contributed by atoms with Gasteiger partial charge in [0, 0.05) is 37.5 Å². The highest BCUT2D eigenvalue weighted by Crippen LogP contribution is 2.25. The maximum absolute atomic E-state index is 12.6. The Morgan fingerprint density at radius 1 is 0.923 bits per heavy atom. The summed E-state index contributed by atoms with van der Waals surface area (Å²) < 4.78 is 17.2. The zero-order valence-corrected chi connectivity index (χ0v) is 22.9. The lowest BCUT2D eigenvalue weighted by Crippen LogP contribution is -2.41. The van der Waals surface area contributed by atoms with Crippen LogP contribution in [0.15, 0.2) is 72.9 Å². The number of ether oxygens (including phenoxy) is 3. The molecule has 1 aliphatic heterocycles. The number of piperidine rings is 1. The van der Waals surface area contributed by atoms with Crippen LogP contribution in [0.25, 0.3) is 0 Å². The normalized spacial score (nSPS) is 14.0. The number of aromatic nitrogens is 1. The van der Waals surface area contributed by atoms with Gasteiger partial charge in [-0.25, -0.2) is 9.78 Å². The number of likely N-dealkylation sites (tertiary alicyclic amines) is 1. The number of pyridine rings is 1. The molecule has 1 N–H and O–H groups in total. The molecule has 2 aromatic carbocycles. The first-order valence-corrected chi connectivity index (χ1v) is 13.4. The second-order valence-corrected chi connectivity index (χ2v) is 10.9. The number of nitrogens with one attached hydrogen (secondary N) is 1. The van der Waals surface area contributed by atoms with Crippen molar-refractivity contribution >= 4 is 12.0 Å². The van der Waals surface area contributed by atoms with Crippen LogP contribution in [0.2, 0.25) is 0 Å². The van der Waals surface area contributed by atoms with Crippen molar-refractivity contribution in [2.24, 2.45) is 11.3 Å². The number of nitrogens with zero attached hydrogens (tertiary/aromatic N) is 2. The number of carbonyl (C=O) groups excluding carboxylic acids is 2. The summed E-state index contributed by atoms with van der Waals surface area (Å²) in [5.74, 6) is 2.67. The molecule has 8 heteroatoms. The third kappa shape index (κ3) is 9.02. The average molecular weight is 532 g/mol. The second kappa shape index (κ2) is 13.1. The molecule has 0 bridgehead atoms. The van der Waals surface area contributed by atoms with E-state index in [9.17, 15) is 9.59 Å². The minimum absolute atomic E-state index is 0.129. The molecular weight excluding hydrogens is 494 g/mol. The predicted octanol–water partition coefficient (Wildman–Crippen LogP) is 6.33. The molecule has 3 aromatic rings. The lowest BCUT2D eigenvalue weighted by molar-refractivity contribution is 0.0949. The summed E-state index contributed by atoms with van der Waals surface area (Å²) in [6.07, 6.45) is 3.88. The van der Waals surface area contributed by atoms with Crippen molar-refractivity contribution < 1.29 is 23.8 Å². The van der Waals surface area contributed by atoms with E-state index in [1.54, 1.807) is 41.4 Å². The number of hydrogen-bond donors (Lipinski definition) is 1. The Morgan fingerprint density at radius 3 is 2.23 bits per heavy atom. The molecule has 1 aromatic heterocycles. The first-order chi connectivity index (χ1) is 18.7. The zero-order chi connectivity index (χ0) is 27.7. The maximum Gasteiger partial charge on any atom is 0.415 e. The van der Waals surface area contributed by atoms with E-state index in [0.717, 1.165) is 25.0 Å². The molecule has 0 saturated carbocycles. The van der Waals surface area contributed by atoms with E-state index < -0.39 is 0 Å². The largest absolute Gasteiger partial charge is 0.493 e. The van der Waals surface area contributed by atoms with Crippen LogP contribution in [0.3, 0.4) is 0 Å². The summed E-state index contributed by atoms with van der Waals surface area (Å²) in [4.78, 5) is 30.8. The Morgan fingerprint density at radius 2 is 1.59 bits per heavy atom. The molecule has 0 aliphatic carbocycles. The van der Waals surface area contributed by atoms with E-state index in [1.165, 1.54) is 0 Å². The van der Waals surface area contributed by atoms with Crippen molar-refractivity contribution in [1.82, 2.24) is 15.2 Å². The first-order valence-electron chi connectivity index (χ1n) is 13.4. The van der Waals surface area contributed by atoms with E-state index in [1.807, 2.05) is 36.4 Å².